The minimum Gasteiger partial charge on any atom is -0.133 e. The first-order valence-corrected chi connectivity index (χ1v) is 5.36. The summed E-state index contributed by atoms with van der Waals surface area (Å²) in [6.07, 6.45) is 2.41. The van der Waals surface area contributed by atoms with Crippen molar-refractivity contribution in [2.75, 3.05) is 6.61 Å². The third-order valence-electron chi connectivity index (χ3n) is 1.81. The lowest BCUT2D eigenvalue weighted by atomic mass is 10.1. The van der Waals surface area contributed by atoms with Crippen LogP contribution in [-0.2, 0) is 15.5 Å². The van der Waals surface area contributed by atoms with Gasteiger partial charge in [0.25, 0.3) is 0 Å². The highest BCUT2D eigenvalue weighted by Gasteiger charge is 2.10. The highest BCUT2D eigenvalue weighted by Crippen LogP contribution is 2.15. The topological polar surface area (TPSA) is 46.5 Å². The van der Waals surface area contributed by atoms with Gasteiger partial charge in [0.05, 0.1) is 0 Å². The standard InChI is InChI=1S/C10H11O3P/c1-2-9-3-5-10(6-4-9)7-8-13-14(11)12/h2-6H,1,7-8H2/p+1. The highest BCUT2D eigenvalue weighted by molar-refractivity contribution is 7.32. The molecule has 0 aliphatic rings. The monoisotopic (exact) mass is 211 g/mol. The Morgan fingerprint density at radius 3 is 2.57 bits per heavy atom. The summed E-state index contributed by atoms with van der Waals surface area (Å²) in [6.45, 7) is 3.91. The summed E-state index contributed by atoms with van der Waals surface area (Å²) in [4.78, 5) is 8.39. The van der Waals surface area contributed by atoms with E-state index in [2.05, 4.69) is 11.1 Å². The molecule has 0 heterocycles. The Morgan fingerprint density at radius 1 is 1.43 bits per heavy atom. The van der Waals surface area contributed by atoms with Crippen molar-refractivity contribution < 1.29 is 14.0 Å². The molecular weight excluding hydrogens is 199 g/mol. The van der Waals surface area contributed by atoms with Gasteiger partial charge >= 0.3 is 8.25 Å². The molecule has 0 saturated heterocycles. The maximum Gasteiger partial charge on any atom is 0.694 e. The second-order valence-electron chi connectivity index (χ2n) is 2.77. The van der Waals surface area contributed by atoms with E-state index in [1.165, 1.54) is 0 Å². The van der Waals surface area contributed by atoms with Crippen LogP contribution in [0.4, 0.5) is 0 Å². The second kappa shape index (κ2) is 5.66. The molecule has 14 heavy (non-hydrogen) atoms. The van der Waals surface area contributed by atoms with E-state index in [4.69, 9.17) is 4.89 Å². The predicted octanol–water partition coefficient (Wildman–Crippen LogP) is 2.54. The van der Waals surface area contributed by atoms with Gasteiger partial charge in [-0.05, 0) is 11.1 Å². The van der Waals surface area contributed by atoms with Crippen LogP contribution < -0.4 is 0 Å². The summed E-state index contributed by atoms with van der Waals surface area (Å²) in [5.74, 6) is 0. The molecule has 1 atom stereocenters. The lowest BCUT2D eigenvalue weighted by Gasteiger charge is -1.97. The van der Waals surface area contributed by atoms with Gasteiger partial charge in [-0.3, -0.25) is 0 Å². The summed E-state index contributed by atoms with van der Waals surface area (Å²) in [5, 5.41) is 0. The molecule has 0 saturated carbocycles. The summed E-state index contributed by atoms with van der Waals surface area (Å²) < 4.78 is 14.7. The molecule has 0 aliphatic heterocycles. The van der Waals surface area contributed by atoms with Gasteiger partial charge in [-0.1, -0.05) is 36.9 Å². The fraction of sp³-hybridized carbons (Fsp3) is 0.200. The van der Waals surface area contributed by atoms with Crippen molar-refractivity contribution in [1.29, 1.82) is 0 Å². The lowest BCUT2D eigenvalue weighted by molar-refractivity contribution is 0.285. The molecule has 0 amide bonds. The van der Waals surface area contributed by atoms with Crippen molar-refractivity contribution in [3.8, 4) is 0 Å². The third kappa shape index (κ3) is 3.79. The number of hydrogen-bond acceptors (Lipinski definition) is 2. The van der Waals surface area contributed by atoms with Crippen molar-refractivity contribution in [1.82, 2.24) is 0 Å². The van der Waals surface area contributed by atoms with Gasteiger partial charge in [0.1, 0.15) is 6.61 Å². The van der Waals surface area contributed by atoms with Gasteiger partial charge in [-0.2, -0.15) is 0 Å². The van der Waals surface area contributed by atoms with E-state index in [1.54, 1.807) is 6.08 Å². The number of hydrogen-bond donors (Lipinski definition) is 1. The Kier molecular flexibility index (Phi) is 4.47. The van der Waals surface area contributed by atoms with Gasteiger partial charge in [0, 0.05) is 11.0 Å². The van der Waals surface area contributed by atoms with Crippen LogP contribution in [0.2, 0.25) is 0 Å². The van der Waals surface area contributed by atoms with Gasteiger partial charge in [-0.15, -0.1) is 9.42 Å². The zero-order valence-corrected chi connectivity index (χ0v) is 8.61. The maximum absolute atomic E-state index is 10.2. The number of rotatable bonds is 5. The van der Waals surface area contributed by atoms with Gasteiger partial charge in [-0.25, -0.2) is 0 Å². The third-order valence-corrected chi connectivity index (χ3v) is 2.21. The van der Waals surface area contributed by atoms with E-state index in [0.29, 0.717) is 6.42 Å². The van der Waals surface area contributed by atoms with Crippen LogP contribution in [0.3, 0.4) is 0 Å². The minimum atomic E-state index is -2.47. The van der Waals surface area contributed by atoms with E-state index in [1.807, 2.05) is 24.3 Å². The van der Waals surface area contributed by atoms with Crippen LogP contribution in [-0.4, -0.2) is 11.5 Å². The predicted molar refractivity (Wildman–Crippen MR) is 56.0 cm³/mol. The van der Waals surface area contributed by atoms with E-state index in [9.17, 15) is 4.57 Å². The molecule has 0 bridgehead atoms. The normalized spacial score (nSPS) is 11.1. The van der Waals surface area contributed by atoms with Crippen molar-refractivity contribution >= 4 is 14.3 Å². The summed E-state index contributed by atoms with van der Waals surface area (Å²) in [5.41, 5.74) is 2.13. The average molecular weight is 211 g/mol. The van der Waals surface area contributed by atoms with Crippen LogP contribution in [0.5, 0.6) is 0 Å². The molecule has 74 valence electrons. The van der Waals surface area contributed by atoms with Crippen LogP contribution >= 0.6 is 8.25 Å². The van der Waals surface area contributed by atoms with E-state index >= 15 is 0 Å². The summed E-state index contributed by atoms with van der Waals surface area (Å²) in [6, 6.07) is 7.79. The van der Waals surface area contributed by atoms with Crippen molar-refractivity contribution in [2.45, 2.75) is 6.42 Å². The van der Waals surface area contributed by atoms with E-state index in [-0.39, 0.29) is 6.61 Å². The molecule has 3 nitrogen and oxygen atoms in total. The van der Waals surface area contributed by atoms with E-state index in [0.717, 1.165) is 11.1 Å². The Bertz CT molecular complexity index is 319. The van der Waals surface area contributed by atoms with Crippen molar-refractivity contribution in [2.24, 2.45) is 0 Å². The molecule has 0 aliphatic carbocycles. The van der Waals surface area contributed by atoms with Crippen LogP contribution in [0.15, 0.2) is 30.8 Å². The Labute approximate surface area is 84.0 Å². The zero-order chi connectivity index (χ0) is 10.4. The van der Waals surface area contributed by atoms with Gasteiger partial charge in [0.2, 0.25) is 0 Å². The van der Waals surface area contributed by atoms with Crippen LogP contribution in [0, 0.1) is 0 Å². The molecular formula is C10H12O3P+. The second-order valence-corrected chi connectivity index (χ2v) is 3.50. The molecule has 0 spiro atoms. The largest absolute Gasteiger partial charge is 0.694 e. The highest BCUT2D eigenvalue weighted by atomic mass is 31.1. The SMILES string of the molecule is C=Cc1ccc(CCO[P+](=O)O)cc1. The lowest BCUT2D eigenvalue weighted by Crippen LogP contribution is -1.92. The molecule has 0 fully saturated rings. The summed E-state index contributed by atoms with van der Waals surface area (Å²) in [7, 11) is -2.47. The first-order valence-electron chi connectivity index (χ1n) is 4.23. The molecule has 1 N–H and O–H groups in total. The fourth-order valence-corrected chi connectivity index (χ4v) is 1.31. The minimum absolute atomic E-state index is 0.263. The van der Waals surface area contributed by atoms with Crippen LogP contribution in [0.1, 0.15) is 11.1 Å². The molecule has 1 aromatic carbocycles. The van der Waals surface area contributed by atoms with Crippen molar-refractivity contribution in [3.05, 3.63) is 42.0 Å². The molecule has 1 aromatic rings. The summed E-state index contributed by atoms with van der Waals surface area (Å²) >= 11 is 0. The Morgan fingerprint density at radius 2 is 2.07 bits per heavy atom. The molecule has 0 aromatic heterocycles. The van der Waals surface area contributed by atoms with E-state index < -0.39 is 8.25 Å². The van der Waals surface area contributed by atoms with Gasteiger partial charge < -0.3 is 0 Å². The quantitative estimate of drug-likeness (QED) is 0.761. The molecule has 1 rings (SSSR count). The average Bonchev–Trinajstić information content (AvgIpc) is 2.18. The van der Waals surface area contributed by atoms with Crippen molar-refractivity contribution in [3.63, 3.8) is 0 Å². The van der Waals surface area contributed by atoms with Gasteiger partial charge in [0.15, 0.2) is 0 Å². The first kappa shape index (κ1) is 11.1. The zero-order valence-electron chi connectivity index (χ0n) is 7.72. The molecule has 0 radical (unpaired) electrons. The molecule has 4 heteroatoms. The Balaban J connectivity index is 2.43. The Hall–Kier alpha value is -1.02. The maximum atomic E-state index is 10.2. The fourth-order valence-electron chi connectivity index (χ4n) is 1.06. The van der Waals surface area contributed by atoms with Crippen LogP contribution in [0.25, 0.3) is 6.08 Å². The smallest absolute Gasteiger partial charge is 0.133 e. The first-order chi connectivity index (χ1) is 6.72. The number of benzene rings is 1. The molecule has 1 unspecified atom stereocenters.